The third kappa shape index (κ3) is 4.06. The maximum atomic E-state index is 11.8. The van der Waals surface area contributed by atoms with Crippen molar-refractivity contribution in [2.24, 2.45) is 0 Å². The Bertz CT molecular complexity index is 629. The SMILES string of the molecule is CC(=O)N(c1ccc(SCC(=O)O)cc1)c1ccccn1. The second kappa shape index (κ2) is 6.90. The van der Waals surface area contributed by atoms with Crippen LogP contribution >= 0.6 is 11.8 Å². The second-order valence-electron chi connectivity index (χ2n) is 4.22. The van der Waals surface area contributed by atoms with Crippen molar-refractivity contribution in [1.82, 2.24) is 4.98 Å². The molecule has 108 valence electrons. The number of thioether (sulfide) groups is 1. The summed E-state index contributed by atoms with van der Waals surface area (Å²) in [5.74, 6) is -0.436. The van der Waals surface area contributed by atoms with Crippen molar-refractivity contribution in [3.63, 3.8) is 0 Å². The third-order valence-corrected chi connectivity index (χ3v) is 3.65. The van der Waals surface area contributed by atoms with Gasteiger partial charge in [-0.15, -0.1) is 11.8 Å². The number of aromatic nitrogens is 1. The van der Waals surface area contributed by atoms with Gasteiger partial charge in [-0.1, -0.05) is 6.07 Å². The van der Waals surface area contributed by atoms with E-state index in [4.69, 9.17) is 5.11 Å². The standard InChI is InChI=1S/C15H14N2O3S/c1-11(18)17(14-4-2-3-9-16-14)12-5-7-13(8-6-12)21-10-15(19)20/h2-9H,10H2,1H3,(H,19,20). The van der Waals surface area contributed by atoms with Gasteiger partial charge in [-0.25, -0.2) is 4.98 Å². The molecular formula is C15H14N2O3S. The zero-order valence-electron chi connectivity index (χ0n) is 11.4. The van der Waals surface area contributed by atoms with E-state index in [0.717, 1.165) is 4.90 Å². The molecule has 6 heteroatoms. The maximum Gasteiger partial charge on any atom is 0.313 e. The Hall–Kier alpha value is -2.34. The van der Waals surface area contributed by atoms with Gasteiger partial charge < -0.3 is 5.11 Å². The molecule has 21 heavy (non-hydrogen) atoms. The van der Waals surface area contributed by atoms with E-state index < -0.39 is 5.97 Å². The van der Waals surface area contributed by atoms with Crippen LogP contribution in [0.4, 0.5) is 11.5 Å². The average molecular weight is 302 g/mol. The number of rotatable bonds is 5. The first-order chi connectivity index (χ1) is 10.1. The van der Waals surface area contributed by atoms with Crippen LogP contribution in [0.25, 0.3) is 0 Å². The highest BCUT2D eigenvalue weighted by Gasteiger charge is 2.14. The van der Waals surface area contributed by atoms with E-state index in [2.05, 4.69) is 4.98 Å². The summed E-state index contributed by atoms with van der Waals surface area (Å²) in [5, 5.41) is 8.66. The van der Waals surface area contributed by atoms with Gasteiger partial charge in [0.25, 0.3) is 0 Å². The number of carboxylic acid groups (broad SMARTS) is 1. The van der Waals surface area contributed by atoms with Crippen molar-refractivity contribution in [3.8, 4) is 0 Å². The third-order valence-electron chi connectivity index (χ3n) is 2.65. The van der Waals surface area contributed by atoms with Gasteiger partial charge in [-0.2, -0.15) is 0 Å². The first kappa shape index (κ1) is 15.1. The van der Waals surface area contributed by atoms with E-state index in [9.17, 15) is 9.59 Å². The fraction of sp³-hybridized carbons (Fsp3) is 0.133. The molecule has 1 amide bonds. The molecule has 5 nitrogen and oxygen atoms in total. The van der Waals surface area contributed by atoms with Crippen LogP contribution in [0.5, 0.6) is 0 Å². The minimum atomic E-state index is -0.858. The molecule has 2 aromatic rings. The van der Waals surface area contributed by atoms with Crippen LogP contribution in [-0.4, -0.2) is 27.7 Å². The molecule has 1 aromatic heterocycles. The Labute approximate surface area is 126 Å². The second-order valence-corrected chi connectivity index (χ2v) is 5.27. The molecule has 0 spiro atoms. The number of nitrogens with zero attached hydrogens (tertiary/aromatic N) is 2. The molecule has 0 aliphatic rings. The van der Waals surface area contributed by atoms with Crippen molar-refractivity contribution in [1.29, 1.82) is 0 Å². The van der Waals surface area contributed by atoms with Gasteiger partial charge in [0.2, 0.25) is 5.91 Å². The zero-order valence-corrected chi connectivity index (χ0v) is 12.2. The highest BCUT2D eigenvalue weighted by atomic mass is 32.2. The van der Waals surface area contributed by atoms with Gasteiger partial charge in [0.05, 0.1) is 11.4 Å². The fourth-order valence-electron chi connectivity index (χ4n) is 1.80. The quantitative estimate of drug-likeness (QED) is 0.860. The number of aliphatic carboxylic acids is 1. The summed E-state index contributed by atoms with van der Waals surface area (Å²) in [6.45, 7) is 1.47. The number of benzene rings is 1. The van der Waals surface area contributed by atoms with Crippen molar-refractivity contribution in [2.75, 3.05) is 10.7 Å². The normalized spacial score (nSPS) is 10.1. The molecule has 0 aliphatic heterocycles. The summed E-state index contributed by atoms with van der Waals surface area (Å²) >= 11 is 1.23. The number of hydrogen-bond donors (Lipinski definition) is 1. The number of carbonyl (C=O) groups excluding carboxylic acids is 1. The lowest BCUT2D eigenvalue weighted by molar-refractivity contribution is -0.133. The number of amides is 1. The molecule has 0 unspecified atom stereocenters. The predicted octanol–water partition coefficient (Wildman–Crippen LogP) is 2.94. The summed E-state index contributed by atoms with van der Waals surface area (Å²) in [6, 6.07) is 12.5. The molecule has 2 rings (SSSR count). The van der Waals surface area contributed by atoms with Crippen LogP contribution < -0.4 is 4.90 Å². The highest BCUT2D eigenvalue weighted by molar-refractivity contribution is 8.00. The first-order valence-corrected chi connectivity index (χ1v) is 7.23. The Kier molecular flexibility index (Phi) is 4.94. The molecular weight excluding hydrogens is 288 g/mol. The molecule has 0 saturated carbocycles. The average Bonchev–Trinajstić information content (AvgIpc) is 2.47. The van der Waals surface area contributed by atoms with Crippen molar-refractivity contribution in [2.45, 2.75) is 11.8 Å². The fourth-order valence-corrected chi connectivity index (χ4v) is 2.42. The summed E-state index contributed by atoms with van der Waals surface area (Å²) in [5.41, 5.74) is 0.695. The van der Waals surface area contributed by atoms with Gasteiger partial charge in [0.1, 0.15) is 5.82 Å². The minimum Gasteiger partial charge on any atom is -0.481 e. The summed E-state index contributed by atoms with van der Waals surface area (Å²) in [4.78, 5) is 28.9. The number of carboxylic acids is 1. The molecule has 1 aromatic carbocycles. The monoisotopic (exact) mass is 302 g/mol. The molecule has 1 heterocycles. The van der Waals surface area contributed by atoms with E-state index >= 15 is 0 Å². The van der Waals surface area contributed by atoms with Crippen molar-refractivity contribution < 1.29 is 14.7 Å². The van der Waals surface area contributed by atoms with Crippen LogP contribution in [0.2, 0.25) is 0 Å². The van der Waals surface area contributed by atoms with E-state index in [1.54, 1.807) is 42.6 Å². The summed E-state index contributed by atoms with van der Waals surface area (Å²) < 4.78 is 0. The molecule has 0 bridgehead atoms. The van der Waals surface area contributed by atoms with Crippen LogP contribution in [0.15, 0.2) is 53.6 Å². The topological polar surface area (TPSA) is 70.5 Å². The lowest BCUT2D eigenvalue weighted by atomic mass is 10.2. The van der Waals surface area contributed by atoms with Crippen molar-refractivity contribution in [3.05, 3.63) is 48.7 Å². The predicted molar refractivity (Wildman–Crippen MR) is 81.9 cm³/mol. The number of pyridine rings is 1. The molecule has 0 saturated heterocycles. The molecule has 0 atom stereocenters. The Morgan fingerprint density at radius 2 is 1.90 bits per heavy atom. The van der Waals surface area contributed by atoms with E-state index in [1.807, 2.05) is 6.07 Å². The van der Waals surface area contributed by atoms with Gasteiger partial charge in [-0.3, -0.25) is 14.5 Å². The number of anilines is 2. The van der Waals surface area contributed by atoms with Gasteiger partial charge in [0.15, 0.2) is 0 Å². The van der Waals surface area contributed by atoms with E-state index in [-0.39, 0.29) is 11.7 Å². The first-order valence-electron chi connectivity index (χ1n) is 6.24. The molecule has 0 fully saturated rings. The molecule has 0 aliphatic carbocycles. The van der Waals surface area contributed by atoms with Crippen LogP contribution in [-0.2, 0) is 9.59 Å². The Morgan fingerprint density at radius 1 is 1.19 bits per heavy atom. The van der Waals surface area contributed by atoms with Gasteiger partial charge in [-0.05, 0) is 36.4 Å². The number of carbonyl (C=O) groups is 2. The van der Waals surface area contributed by atoms with Gasteiger partial charge in [0, 0.05) is 18.0 Å². The Morgan fingerprint density at radius 3 is 2.43 bits per heavy atom. The lowest BCUT2D eigenvalue weighted by Gasteiger charge is -2.20. The summed E-state index contributed by atoms with van der Waals surface area (Å²) in [7, 11) is 0. The number of hydrogen-bond acceptors (Lipinski definition) is 4. The summed E-state index contributed by atoms with van der Waals surface area (Å²) in [6.07, 6.45) is 1.63. The van der Waals surface area contributed by atoms with Crippen LogP contribution in [0, 0.1) is 0 Å². The largest absolute Gasteiger partial charge is 0.481 e. The Balaban J connectivity index is 2.22. The lowest BCUT2D eigenvalue weighted by Crippen LogP contribution is -2.23. The van der Waals surface area contributed by atoms with E-state index in [0.29, 0.717) is 11.5 Å². The molecule has 1 N–H and O–H groups in total. The van der Waals surface area contributed by atoms with Gasteiger partial charge >= 0.3 is 5.97 Å². The highest BCUT2D eigenvalue weighted by Crippen LogP contribution is 2.26. The van der Waals surface area contributed by atoms with E-state index in [1.165, 1.54) is 23.6 Å². The van der Waals surface area contributed by atoms with Crippen LogP contribution in [0.3, 0.4) is 0 Å². The molecule has 0 radical (unpaired) electrons. The maximum absolute atomic E-state index is 11.8. The zero-order chi connectivity index (χ0) is 15.2. The van der Waals surface area contributed by atoms with Crippen molar-refractivity contribution >= 4 is 35.1 Å². The smallest absolute Gasteiger partial charge is 0.313 e. The van der Waals surface area contributed by atoms with Crippen LogP contribution in [0.1, 0.15) is 6.92 Å². The minimum absolute atomic E-state index is 0.00993.